The fourth-order valence-electron chi connectivity index (χ4n) is 4.59. The van der Waals surface area contributed by atoms with Gasteiger partial charge in [-0.2, -0.15) is 4.98 Å². The van der Waals surface area contributed by atoms with Crippen LogP contribution in [0.25, 0.3) is 11.2 Å². The first kappa shape index (κ1) is 23.3. The van der Waals surface area contributed by atoms with Crippen molar-refractivity contribution in [1.82, 2.24) is 29.1 Å². The second-order valence-electron chi connectivity index (χ2n) is 8.90. The Labute approximate surface area is 205 Å². The molecular formula is C25H32N6O2S. The Hall–Kier alpha value is -2.49. The van der Waals surface area contributed by atoms with Gasteiger partial charge in [-0.3, -0.25) is 4.90 Å². The number of fused-ring (bicyclic) bond motifs is 1. The van der Waals surface area contributed by atoms with Gasteiger partial charge in [0.05, 0.1) is 13.2 Å². The Bertz CT molecular complexity index is 1080. The van der Waals surface area contributed by atoms with Gasteiger partial charge >= 0.3 is 0 Å². The fourth-order valence-corrected chi connectivity index (χ4v) is 5.50. The van der Waals surface area contributed by atoms with E-state index in [4.69, 9.17) is 19.4 Å². The summed E-state index contributed by atoms with van der Waals surface area (Å²) in [6.07, 6.45) is 9.43. The molecular weight excluding hydrogens is 448 g/mol. The van der Waals surface area contributed by atoms with Crippen LogP contribution in [0.1, 0.15) is 50.9 Å². The third-order valence-electron chi connectivity index (χ3n) is 6.64. The van der Waals surface area contributed by atoms with Crippen molar-refractivity contribution in [2.75, 3.05) is 33.3 Å². The summed E-state index contributed by atoms with van der Waals surface area (Å²) >= 11 is 1.80. The molecule has 3 aromatic rings. The van der Waals surface area contributed by atoms with E-state index in [1.807, 2.05) is 12.1 Å². The largest absolute Gasteiger partial charge is 0.497 e. The van der Waals surface area contributed by atoms with E-state index < -0.39 is 0 Å². The van der Waals surface area contributed by atoms with Crippen LogP contribution in [0.2, 0.25) is 0 Å². The van der Waals surface area contributed by atoms with Crippen LogP contribution in [0.15, 0.2) is 41.6 Å². The maximum atomic E-state index is 6.35. The van der Waals surface area contributed by atoms with Crippen LogP contribution in [0, 0.1) is 0 Å². The summed E-state index contributed by atoms with van der Waals surface area (Å²) in [7, 11) is 1.69. The Morgan fingerprint density at radius 3 is 2.41 bits per heavy atom. The van der Waals surface area contributed by atoms with Gasteiger partial charge in [-0.1, -0.05) is 6.42 Å². The number of nitrogens with zero attached hydrogens (tertiary/aromatic N) is 6. The van der Waals surface area contributed by atoms with Crippen molar-refractivity contribution >= 4 is 23.1 Å². The predicted molar refractivity (Wildman–Crippen MR) is 133 cm³/mol. The van der Waals surface area contributed by atoms with Crippen molar-refractivity contribution < 1.29 is 9.47 Å². The highest BCUT2D eigenvalue weighted by atomic mass is 32.2. The number of methoxy groups -OCH3 is 1. The Balaban J connectivity index is 1.26. The summed E-state index contributed by atoms with van der Waals surface area (Å²) in [5.41, 5.74) is 1.27. The zero-order chi connectivity index (χ0) is 23.3. The minimum Gasteiger partial charge on any atom is -0.497 e. The van der Waals surface area contributed by atoms with Crippen LogP contribution in [0.4, 0.5) is 0 Å². The highest BCUT2D eigenvalue weighted by molar-refractivity contribution is 7.97. The van der Waals surface area contributed by atoms with Crippen LogP contribution in [0.3, 0.4) is 0 Å². The molecule has 0 spiro atoms. The molecule has 2 aliphatic rings. The Morgan fingerprint density at radius 1 is 0.941 bits per heavy atom. The molecule has 1 saturated heterocycles. The number of hydrogen-bond acceptors (Lipinski definition) is 9. The minimum absolute atomic E-state index is 0.0771. The monoisotopic (exact) mass is 480 g/mol. The van der Waals surface area contributed by atoms with Gasteiger partial charge in [-0.05, 0) is 68.8 Å². The van der Waals surface area contributed by atoms with E-state index in [0.29, 0.717) is 17.0 Å². The lowest BCUT2D eigenvalue weighted by molar-refractivity contribution is 0.138. The van der Waals surface area contributed by atoms with Crippen LogP contribution < -0.4 is 9.47 Å². The molecule has 2 aromatic heterocycles. The van der Waals surface area contributed by atoms with E-state index in [9.17, 15) is 0 Å². The zero-order valence-corrected chi connectivity index (χ0v) is 20.7. The number of hydrogen-bond donors (Lipinski definition) is 0. The molecule has 0 N–H and O–H groups in total. The van der Waals surface area contributed by atoms with Gasteiger partial charge in [0.2, 0.25) is 5.88 Å². The molecule has 0 amide bonds. The molecule has 1 aliphatic heterocycles. The van der Waals surface area contributed by atoms with E-state index >= 15 is 0 Å². The summed E-state index contributed by atoms with van der Waals surface area (Å²) in [5.74, 6) is 2.23. The molecule has 1 aliphatic carbocycles. The smallest absolute Gasteiger partial charge is 0.246 e. The first-order valence-corrected chi connectivity index (χ1v) is 12.9. The standard InChI is InChI=1S/C25H32N6O2S/c1-18(30-14-16-31(17-15-30)34-21-10-8-19(32-2)9-11-21)23-28-24-22(26-12-13-27-24)25(29-23)33-20-6-4-3-5-7-20/h8-13,18,20H,3-7,14-17H2,1-2H3. The highest BCUT2D eigenvalue weighted by Crippen LogP contribution is 2.30. The van der Waals surface area contributed by atoms with E-state index in [-0.39, 0.29) is 12.1 Å². The van der Waals surface area contributed by atoms with Crippen LogP contribution >= 0.6 is 11.9 Å². The minimum atomic E-state index is 0.0771. The molecule has 1 saturated carbocycles. The van der Waals surface area contributed by atoms with Crippen LogP contribution in [-0.2, 0) is 0 Å². The highest BCUT2D eigenvalue weighted by Gasteiger charge is 2.26. The lowest BCUT2D eigenvalue weighted by atomic mass is 9.98. The van der Waals surface area contributed by atoms with E-state index in [2.05, 4.69) is 38.2 Å². The number of benzene rings is 1. The van der Waals surface area contributed by atoms with Crippen molar-refractivity contribution in [2.24, 2.45) is 0 Å². The van der Waals surface area contributed by atoms with Gasteiger partial charge in [0.1, 0.15) is 11.9 Å². The summed E-state index contributed by atoms with van der Waals surface area (Å²) in [6, 6.07) is 8.31. The first-order chi connectivity index (χ1) is 16.7. The number of aromatic nitrogens is 4. The lowest BCUT2D eigenvalue weighted by Gasteiger charge is -2.36. The van der Waals surface area contributed by atoms with Gasteiger partial charge in [0, 0.05) is 43.5 Å². The maximum absolute atomic E-state index is 6.35. The molecule has 2 fully saturated rings. The number of piperazine rings is 1. The second-order valence-corrected chi connectivity index (χ2v) is 10.1. The van der Waals surface area contributed by atoms with Gasteiger partial charge in [-0.25, -0.2) is 19.3 Å². The van der Waals surface area contributed by atoms with Crippen LogP contribution in [-0.4, -0.2) is 68.5 Å². The Morgan fingerprint density at radius 2 is 1.68 bits per heavy atom. The third-order valence-corrected chi connectivity index (χ3v) is 7.74. The SMILES string of the molecule is COc1ccc(SN2CCN(C(C)c3nc(OC4CCCCC4)c4nccnc4n3)CC2)cc1. The molecule has 5 rings (SSSR count). The maximum Gasteiger partial charge on any atom is 0.246 e. The molecule has 9 heteroatoms. The number of ether oxygens (including phenoxy) is 2. The Kier molecular flexibility index (Phi) is 7.42. The van der Waals surface area contributed by atoms with E-state index in [0.717, 1.165) is 50.6 Å². The summed E-state index contributed by atoms with van der Waals surface area (Å²) < 4.78 is 14.0. The molecule has 8 nitrogen and oxygen atoms in total. The average Bonchev–Trinajstić information content (AvgIpc) is 2.90. The summed E-state index contributed by atoms with van der Waals surface area (Å²) in [4.78, 5) is 22.2. The molecule has 3 heterocycles. The topological polar surface area (TPSA) is 76.5 Å². The number of rotatable bonds is 7. The molecule has 0 radical (unpaired) electrons. The van der Waals surface area contributed by atoms with Crippen molar-refractivity contribution in [3.8, 4) is 11.6 Å². The van der Waals surface area contributed by atoms with Crippen LogP contribution in [0.5, 0.6) is 11.6 Å². The van der Waals surface area contributed by atoms with Crippen molar-refractivity contribution in [3.05, 3.63) is 42.5 Å². The van der Waals surface area contributed by atoms with E-state index in [1.54, 1.807) is 31.5 Å². The summed E-state index contributed by atoms with van der Waals surface area (Å²) in [6.45, 7) is 6.02. The van der Waals surface area contributed by atoms with Crippen molar-refractivity contribution in [2.45, 2.75) is 56.1 Å². The van der Waals surface area contributed by atoms with Gasteiger partial charge in [0.25, 0.3) is 0 Å². The van der Waals surface area contributed by atoms with Gasteiger partial charge in [-0.15, -0.1) is 0 Å². The molecule has 34 heavy (non-hydrogen) atoms. The predicted octanol–water partition coefficient (Wildman–Crippen LogP) is 4.53. The average molecular weight is 481 g/mol. The fraction of sp³-hybridized carbons (Fsp3) is 0.520. The molecule has 0 bridgehead atoms. The summed E-state index contributed by atoms with van der Waals surface area (Å²) in [5, 5.41) is 0. The second kappa shape index (κ2) is 10.8. The van der Waals surface area contributed by atoms with Gasteiger partial charge < -0.3 is 9.47 Å². The normalized spacial score (nSPS) is 19.2. The molecule has 1 aromatic carbocycles. The molecule has 180 valence electrons. The zero-order valence-electron chi connectivity index (χ0n) is 19.9. The van der Waals surface area contributed by atoms with Crippen molar-refractivity contribution in [1.29, 1.82) is 0 Å². The van der Waals surface area contributed by atoms with Gasteiger partial charge in [0.15, 0.2) is 17.0 Å². The lowest BCUT2D eigenvalue weighted by Crippen LogP contribution is -2.44. The quantitative estimate of drug-likeness (QED) is 0.453. The third kappa shape index (κ3) is 5.42. The molecule has 1 unspecified atom stereocenters. The first-order valence-electron chi connectivity index (χ1n) is 12.2. The van der Waals surface area contributed by atoms with E-state index in [1.165, 1.54) is 24.2 Å². The van der Waals surface area contributed by atoms with Crippen molar-refractivity contribution in [3.63, 3.8) is 0 Å². The molecule has 1 atom stereocenters.